The van der Waals surface area contributed by atoms with Gasteiger partial charge in [0.1, 0.15) is 23.1 Å². The minimum absolute atomic E-state index is 0.0954. The van der Waals surface area contributed by atoms with E-state index < -0.39 is 5.82 Å². The predicted molar refractivity (Wildman–Crippen MR) is 100 cm³/mol. The first-order valence-electron chi connectivity index (χ1n) is 8.57. The molecule has 4 aromatic heterocycles. The fraction of sp³-hybridized carbons (Fsp3) is 0.158. The number of halogens is 1. The van der Waals surface area contributed by atoms with E-state index in [-0.39, 0.29) is 18.4 Å². The van der Waals surface area contributed by atoms with Crippen molar-refractivity contribution in [2.45, 2.75) is 19.6 Å². The van der Waals surface area contributed by atoms with Gasteiger partial charge in [-0.3, -0.25) is 9.97 Å². The number of aromatic hydroxyl groups is 1. The van der Waals surface area contributed by atoms with Crippen molar-refractivity contribution in [3.8, 4) is 17.1 Å². The monoisotopic (exact) mass is 380 g/mol. The number of nitrogens with one attached hydrogen (secondary N) is 1. The molecule has 0 aliphatic rings. The van der Waals surface area contributed by atoms with Crippen molar-refractivity contribution in [1.82, 2.24) is 24.6 Å². The fourth-order valence-electron chi connectivity index (χ4n) is 2.97. The number of aromatic nitrogens is 5. The predicted octanol–water partition coefficient (Wildman–Crippen LogP) is 2.70. The number of pyridine rings is 2. The maximum atomic E-state index is 13.6. The van der Waals surface area contributed by atoms with Crippen LogP contribution in [0.3, 0.4) is 0 Å². The molecule has 0 bridgehead atoms. The quantitative estimate of drug-likeness (QED) is 0.488. The van der Waals surface area contributed by atoms with E-state index in [1.165, 1.54) is 24.4 Å². The van der Waals surface area contributed by atoms with Crippen LogP contribution in [0.4, 0.5) is 10.2 Å². The third-order valence-electron chi connectivity index (χ3n) is 4.32. The second kappa shape index (κ2) is 7.20. The van der Waals surface area contributed by atoms with E-state index in [2.05, 4.69) is 25.4 Å². The molecule has 28 heavy (non-hydrogen) atoms. The molecule has 4 heterocycles. The largest absolute Gasteiger partial charge is 0.508 e. The molecule has 0 fully saturated rings. The lowest BCUT2D eigenvalue weighted by Gasteiger charge is -2.17. The smallest absolute Gasteiger partial charge is 0.154 e. The number of hydrogen-bond donors (Lipinski definition) is 3. The number of anilines is 1. The number of imidazole rings is 1. The van der Waals surface area contributed by atoms with Crippen LogP contribution in [0.15, 0.2) is 48.9 Å². The van der Waals surface area contributed by atoms with Gasteiger partial charge in [-0.15, -0.1) is 5.10 Å². The Balaban J connectivity index is 1.69. The van der Waals surface area contributed by atoms with Crippen LogP contribution in [-0.2, 0) is 6.61 Å². The Morgan fingerprint density at radius 1 is 1.14 bits per heavy atom. The third-order valence-corrected chi connectivity index (χ3v) is 4.32. The number of aliphatic hydroxyl groups excluding tert-OH is 1. The van der Waals surface area contributed by atoms with Gasteiger partial charge in [0, 0.05) is 17.8 Å². The maximum Gasteiger partial charge on any atom is 0.154 e. The first kappa shape index (κ1) is 17.8. The minimum Gasteiger partial charge on any atom is -0.508 e. The lowest BCUT2D eigenvalue weighted by atomic mass is 10.1. The van der Waals surface area contributed by atoms with Crippen molar-refractivity contribution in [2.24, 2.45) is 0 Å². The summed E-state index contributed by atoms with van der Waals surface area (Å²) in [7, 11) is 0. The van der Waals surface area contributed by atoms with Gasteiger partial charge in [0.25, 0.3) is 0 Å². The molecule has 0 saturated heterocycles. The standard InChI is InChI=1S/C19H17FN6O2/c1-11(14-6-12(20)8-22-16(14)10-27)24-18-2-3-19-23-9-17(26(19)25-18)15-7-13(28)4-5-21-15/h2-9,11,27H,10H2,1H3,(H,21,28)(H,24,25)/t11-/m1/s1. The van der Waals surface area contributed by atoms with E-state index >= 15 is 0 Å². The van der Waals surface area contributed by atoms with Gasteiger partial charge in [0.2, 0.25) is 0 Å². The highest BCUT2D eigenvalue weighted by Crippen LogP contribution is 2.24. The average Bonchev–Trinajstić information content (AvgIpc) is 3.11. The molecule has 0 radical (unpaired) electrons. The highest BCUT2D eigenvalue weighted by atomic mass is 19.1. The van der Waals surface area contributed by atoms with Crippen LogP contribution >= 0.6 is 0 Å². The molecule has 9 heteroatoms. The average molecular weight is 380 g/mol. The zero-order chi connectivity index (χ0) is 19.7. The van der Waals surface area contributed by atoms with Gasteiger partial charge in [0.15, 0.2) is 5.65 Å². The second-order valence-electron chi connectivity index (χ2n) is 6.24. The summed E-state index contributed by atoms with van der Waals surface area (Å²) >= 11 is 0. The van der Waals surface area contributed by atoms with Crippen molar-refractivity contribution >= 4 is 11.5 Å². The molecule has 3 N–H and O–H groups in total. The summed E-state index contributed by atoms with van der Waals surface area (Å²) in [4.78, 5) is 12.5. The molecule has 0 saturated carbocycles. The van der Waals surface area contributed by atoms with E-state index in [9.17, 15) is 14.6 Å². The summed E-state index contributed by atoms with van der Waals surface area (Å²) in [5.74, 6) is 0.140. The van der Waals surface area contributed by atoms with E-state index in [0.29, 0.717) is 34.1 Å². The molecule has 4 rings (SSSR count). The Bertz CT molecular complexity index is 1150. The molecule has 4 aromatic rings. The first-order chi connectivity index (χ1) is 13.5. The SMILES string of the molecule is C[C@@H](Nc1ccc2ncc(-c3cc(O)ccn3)n2n1)c1cc(F)cnc1CO. The van der Waals surface area contributed by atoms with Crippen LogP contribution in [0.2, 0.25) is 0 Å². The Labute approximate surface area is 159 Å². The lowest BCUT2D eigenvalue weighted by Crippen LogP contribution is -2.13. The number of rotatable bonds is 5. The van der Waals surface area contributed by atoms with Gasteiger partial charge >= 0.3 is 0 Å². The van der Waals surface area contributed by atoms with Gasteiger partial charge in [-0.25, -0.2) is 13.9 Å². The first-order valence-corrected chi connectivity index (χ1v) is 8.57. The van der Waals surface area contributed by atoms with Crippen LogP contribution in [0.25, 0.3) is 17.0 Å². The molecule has 0 aliphatic heterocycles. The Hall–Kier alpha value is -3.59. The van der Waals surface area contributed by atoms with Crippen molar-refractivity contribution in [3.63, 3.8) is 0 Å². The Morgan fingerprint density at radius 2 is 2.00 bits per heavy atom. The van der Waals surface area contributed by atoms with E-state index in [0.717, 1.165) is 6.20 Å². The highest BCUT2D eigenvalue weighted by molar-refractivity contribution is 5.61. The van der Waals surface area contributed by atoms with Gasteiger partial charge < -0.3 is 15.5 Å². The van der Waals surface area contributed by atoms with Crippen molar-refractivity contribution < 1.29 is 14.6 Å². The molecule has 0 aliphatic carbocycles. The van der Waals surface area contributed by atoms with Crippen LogP contribution in [0.5, 0.6) is 5.75 Å². The third kappa shape index (κ3) is 3.35. The molecule has 0 unspecified atom stereocenters. The summed E-state index contributed by atoms with van der Waals surface area (Å²) in [5.41, 5.74) is 2.70. The minimum atomic E-state index is -0.476. The summed E-state index contributed by atoms with van der Waals surface area (Å²) in [6.45, 7) is 1.54. The van der Waals surface area contributed by atoms with Gasteiger partial charge in [-0.1, -0.05) is 0 Å². The molecule has 8 nitrogen and oxygen atoms in total. The summed E-state index contributed by atoms with van der Waals surface area (Å²) in [5, 5.41) is 26.9. The van der Waals surface area contributed by atoms with Crippen molar-refractivity contribution in [2.75, 3.05) is 5.32 Å². The number of hydrogen-bond acceptors (Lipinski definition) is 7. The van der Waals surface area contributed by atoms with Gasteiger partial charge in [-0.05, 0) is 31.2 Å². The maximum absolute atomic E-state index is 13.6. The molecule has 142 valence electrons. The summed E-state index contributed by atoms with van der Waals surface area (Å²) < 4.78 is 15.2. The summed E-state index contributed by atoms with van der Waals surface area (Å²) in [6.07, 6.45) is 4.20. The second-order valence-corrected chi connectivity index (χ2v) is 6.24. The van der Waals surface area contributed by atoms with Crippen LogP contribution in [0.1, 0.15) is 24.2 Å². The van der Waals surface area contributed by atoms with Gasteiger partial charge in [-0.2, -0.15) is 0 Å². The Kier molecular flexibility index (Phi) is 4.58. The molecule has 1 atom stereocenters. The van der Waals surface area contributed by atoms with E-state index in [1.807, 2.05) is 6.92 Å². The Morgan fingerprint density at radius 3 is 2.79 bits per heavy atom. The van der Waals surface area contributed by atoms with Crippen LogP contribution < -0.4 is 5.32 Å². The normalized spacial score (nSPS) is 12.2. The van der Waals surface area contributed by atoms with Crippen LogP contribution in [-0.4, -0.2) is 34.8 Å². The highest BCUT2D eigenvalue weighted by Gasteiger charge is 2.15. The van der Waals surface area contributed by atoms with Crippen molar-refractivity contribution in [3.05, 3.63) is 66.0 Å². The van der Waals surface area contributed by atoms with Gasteiger partial charge in [0.05, 0.1) is 36.4 Å². The van der Waals surface area contributed by atoms with Crippen molar-refractivity contribution in [1.29, 1.82) is 0 Å². The molecule has 0 spiro atoms. The zero-order valence-electron chi connectivity index (χ0n) is 14.9. The number of nitrogens with zero attached hydrogens (tertiary/aromatic N) is 5. The lowest BCUT2D eigenvalue weighted by molar-refractivity contribution is 0.274. The van der Waals surface area contributed by atoms with Crippen LogP contribution in [0, 0.1) is 5.82 Å². The summed E-state index contributed by atoms with van der Waals surface area (Å²) in [6, 6.07) is 7.55. The van der Waals surface area contributed by atoms with E-state index in [1.54, 1.807) is 22.8 Å². The van der Waals surface area contributed by atoms with E-state index in [4.69, 9.17) is 0 Å². The topological polar surface area (TPSA) is 108 Å². The number of aliphatic hydroxyl groups is 1. The molecule has 0 amide bonds. The molecule has 0 aromatic carbocycles. The number of fused-ring (bicyclic) bond motifs is 1. The molecular formula is C19H17FN6O2. The molecular weight excluding hydrogens is 363 g/mol. The fourth-order valence-corrected chi connectivity index (χ4v) is 2.97. The zero-order valence-corrected chi connectivity index (χ0v) is 14.9.